The Balaban J connectivity index is 1.84. The number of nitrogens with zero attached hydrogens (tertiary/aromatic N) is 1. The van der Waals surface area contributed by atoms with Crippen molar-refractivity contribution >= 4 is 16.5 Å². The number of alkyl halides is 5. The lowest BCUT2D eigenvalue weighted by atomic mass is 9.79. The van der Waals surface area contributed by atoms with Gasteiger partial charge in [0.1, 0.15) is 11.4 Å². The molecule has 2 aromatic rings. The molecular weight excluding hydrogens is 363 g/mol. The predicted molar refractivity (Wildman–Crippen MR) is 82.7 cm³/mol. The number of halogens is 5. The summed E-state index contributed by atoms with van der Waals surface area (Å²) >= 11 is 1.14. The Hall–Kier alpha value is -1.90. The maximum atomic E-state index is 13.6. The molecule has 134 valence electrons. The zero-order valence-electron chi connectivity index (χ0n) is 12.8. The minimum atomic E-state index is -4.52. The lowest BCUT2D eigenvalue weighted by molar-refractivity contribution is -0.138. The summed E-state index contributed by atoms with van der Waals surface area (Å²) in [4.78, 5) is 4.84. The summed E-state index contributed by atoms with van der Waals surface area (Å²) in [5.41, 5.74) is 4.67. The molecule has 4 rings (SSSR count). The molecule has 1 aliphatic carbocycles. The third-order valence-corrected chi connectivity index (χ3v) is 5.79. The lowest BCUT2D eigenvalue weighted by Gasteiger charge is -2.42. The van der Waals surface area contributed by atoms with Crippen molar-refractivity contribution < 1.29 is 26.7 Å². The Morgan fingerprint density at radius 1 is 1.12 bits per heavy atom. The fourth-order valence-electron chi connectivity index (χ4n) is 3.41. The highest BCUT2D eigenvalue weighted by atomic mass is 32.1. The third kappa shape index (κ3) is 2.65. The van der Waals surface area contributed by atoms with Crippen LogP contribution in [0, 0.1) is 0 Å². The normalized spacial score (nSPS) is 20.7. The Morgan fingerprint density at radius 3 is 2.44 bits per heavy atom. The maximum Gasteiger partial charge on any atom is 0.416 e. The minimum absolute atomic E-state index is 0.00428. The summed E-state index contributed by atoms with van der Waals surface area (Å²) in [5, 5.41) is 0.234. The molecule has 0 atom stereocenters. The number of hydrogen-bond donors (Lipinski definition) is 1. The molecule has 9 heteroatoms. The van der Waals surface area contributed by atoms with E-state index in [1.807, 2.05) is 0 Å². The number of fused-ring (bicyclic) bond motifs is 4. The standard InChI is InChI=1S/C16H13F5N2OS/c17-15(18)5-3-14(4-6-15)12-11(23-13(22)25-12)9-2-1-8(16(19,20)21)7-10(9)24-14/h1-2,7H,3-6H2,(H2,22,23). The number of nitrogens with two attached hydrogens (primary N) is 1. The van der Waals surface area contributed by atoms with Crippen molar-refractivity contribution in [2.75, 3.05) is 5.73 Å². The van der Waals surface area contributed by atoms with Gasteiger partial charge in [0.2, 0.25) is 5.92 Å². The molecule has 0 amide bonds. The van der Waals surface area contributed by atoms with E-state index < -0.39 is 36.1 Å². The van der Waals surface area contributed by atoms with Gasteiger partial charge >= 0.3 is 6.18 Å². The van der Waals surface area contributed by atoms with E-state index in [4.69, 9.17) is 10.5 Å². The fraction of sp³-hybridized carbons (Fsp3) is 0.438. The van der Waals surface area contributed by atoms with Crippen LogP contribution >= 0.6 is 11.3 Å². The van der Waals surface area contributed by atoms with Crippen molar-refractivity contribution in [1.29, 1.82) is 0 Å². The minimum Gasteiger partial charge on any atom is -0.481 e. The Kier molecular flexibility index (Phi) is 3.35. The highest BCUT2D eigenvalue weighted by Gasteiger charge is 2.51. The van der Waals surface area contributed by atoms with Crippen molar-refractivity contribution in [2.45, 2.75) is 43.4 Å². The second-order valence-corrected chi connectivity index (χ2v) is 7.42. The number of thiazole rings is 1. The summed E-state index contributed by atoms with van der Waals surface area (Å²) in [6, 6.07) is 3.15. The first kappa shape index (κ1) is 16.6. The van der Waals surface area contributed by atoms with Crippen LogP contribution < -0.4 is 10.5 Å². The van der Waals surface area contributed by atoms with Crippen LogP contribution in [-0.2, 0) is 11.8 Å². The van der Waals surface area contributed by atoms with Crippen LogP contribution in [0.15, 0.2) is 18.2 Å². The van der Waals surface area contributed by atoms with Crippen molar-refractivity contribution in [3.63, 3.8) is 0 Å². The highest BCUT2D eigenvalue weighted by Crippen LogP contribution is 2.56. The smallest absolute Gasteiger partial charge is 0.416 e. The molecule has 3 nitrogen and oxygen atoms in total. The number of anilines is 1. The van der Waals surface area contributed by atoms with Crippen molar-refractivity contribution in [3.8, 4) is 17.0 Å². The molecule has 2 aliphatic rings. The molecular formula is C16H13F5N2OS. The van der Waals surface area contributed by atoms with Gasteiger partial charge in [-0.1, -0.05) is 11.3 Å². The zero-order chi connectivity index (χ0) is 18.0. The summed E-state index contributed by atoms with van der Waals surface area (Å²) in [6.07, 6.45) is -5.29. The highest BCUT2D eigenvalue weighted by molar-refractivity contribution is 7.16. The molecule has 0 unspecified atom stereocenters. The van der Waals surface area contributed by atoms with Crippen molar-refractivity contribution in [2.24, 2.45) is 0 Å². The van der Waals surface area contributed by atoms with Gasteiger partial charge in [0.25, 0.3) is 0 Å². The second-order valence-electron chi connectivity index (χ2n) is 6.39. The quantitative estimate of drug-likeness (QED) is 0.642. The van der Waals surface area contributed by atoms with Crippen LogP contribution in [0.25, 0.3) is 11.3 Å². The van der Waals surface area contributed by atoms with E-state index in [2.05, 4.69) is 4.98 Å². The van der Waals surface area contributed by atoms with Gasteiger partial charge in [-0.2, -0.15) is 13.2 Å². The number of hydrogen-bond acceptors (Lipinski definition) is 4. The number of rotatable bonds is 0. The van der Waals surface area contributed by atoms with Gasteiger partial charge in [-0.25, -0.2) is 13.8 Å². The number of aromatic nitrogens is 1. The monoisotopic (exact) mass is 376 g/mol. The molecule has 1 aromatic heterocycles. The van der Waals surface area contributed by atoms with E-state index in [1.165, 1.54) is 6.07 Å². The Morgan fingerprint density at radius 2 is 1.80 bits per heavy atom. The first-order valence-electron chi connectivity index (χ1n) is 7.65. The van der Waals surface area contributed by atoms with Gasteiger partial charge in [-0.3, -0.25) is 0 Å². The summed E-state index contributed by atoms with van der Waals surface area (Å²) < 4.78 is 72.1. The van der Waals surface area contributed by atoms with Gasteiger partial charge in [0, 0.05) is 18.4 Å². The van der Waals surface area contributed by atoms with Crippen molar-refractivity contribution in [3.05, 3.63) is 28.6 Å². The van der Waals surface area contributed by atoms with Crippen LogP contribution in [0.5, 0.6) is 5.75 Å². The SMILES string of the molecule is Nc1nc2c(s1)C1(CCC(F)(F)CC1)Oc1cc(C(F)(F)F)ccc1-2. The topological polar surface area (TPSA) is 48.1 Å². The van der Waals surface area contributed by atoms with E-state index in [0.717, 1.165) is 23.5 Å². The van der Waals surface area contributed by atoms with Gasteiger partial charge in [0.15, 0.2) is 5.13 Å². The van der Waals surface area contributed by atoms with Gasteiger partial charge in [-0.05, 0) is 31.0 Å². The zero-order valence-corrected chi connectivity index (χ0v) is 13.6. The third-order valence-electron chi connectivity index (χ3n) is 4.72. The molecule has 0 radical (unpaired) electrons. The van der Waals surface area contributed by atoms with Crippen molar-refractivity contribution in [1.82, 2.24) is 4.98 Å². The van der Waals surface area contributed by atoms with Crippen LogP contribution in [-0.4, -0.2) is 10.9 Å². The second kappa shape index (κ2) is 5.06. The number of benzene rings is 1. The molecule has 1 fully saturated rings. The average molecular weight is 376 g/mol. The molecule has 0 bridgehead atoms. The molecule has 25 heavy (non-hydrogen) atoms. The van der Waals surface area contributed by atoms with E-state index in [-0.39, 0.29) is 23.7 Å². The molecule has 1 aliphatic heterocycles. The largest absolute Gasteiger partial charge is 0.481 e. The van der Waals surface area contributed by atoms with E-state index in [1.54, 1.807) is 0 Å². The molecule has 1 aromatic carbocycles. The first-order valence-corrected chi connectivity index (χ1v) is 8.47. The fourth-order valence-corrected chi connectivity index (χ4v) is 4.44. The Labute approximate surface area is 143 Å². The van der Waals surface area contributed by atoms with Crippen LogP contribution in [0.3, 0.4) is 0 Å². The molecule has 1 saturated carbocycles. The van der Waals surface area contributed by atoms with Gasteiger partial charge in [0.05, 0.1) is 16.1 Å². The summed E-state index contributed by atoms with van der Waals surface area (Å²) in [7, 11) is 0. The number of nitrogen functional groups attached to an aromatic ring is 1. The summed E-state index contributed by atoms with van der Waals surface area (Å²) in [5.74, 6) is -2.78. The van der Waals surface area contributed by atoms with Crippen LogP contribution in [0.2, 0.25) is 0 Å². The maximum absolute atomic E-state index is 13.6. The van der Waals surface area contributed by atoms with Gasteiger partial charge in [-0.15, -0.1) is 0 Å². The molecule has 0 saturated heterocycles. The lowest BCUT2D eigenvalue weighted by Crippen LogP contribution is -2.42. The molecule has 2 heterocycles. The van der Waals surface area contributed by atoms with Crippen LogP contribution in [0.4, 0.5) is 27.1 Å². The summed E-state index contributed by atoms with van der Waals surface area (Å²) in [6.45, 7) is 0. The van der Waals surface area contributed by atoms with E-state index in [9.17, 15) is 22.0 Å². The Bertz CT molecular complexity index is 836. The van der Waals surface area contributed by atoms with E-state index in [0.29, 0.717) is 16.1 Å². The average Bonchev–Trinajstić information content (AvgIpc) is 2.92. The first-order chi connectivity index (χ1) is 11.6. The number of ether oxygens (including phenoxy) is 1. The van der Waals surface area contributed by atoms with Crippen LogP contribution in [0.1, 0.15) is 36.1 Å². The predicted octanol–water partition coefficient (Wildman–Crippen LogP) is 5.21. The molecule has 2 N–H and O–H groups in total. The molecule has 1 spiro atoms. The van der Waals surface area contributed by atoms with Gasteiger partial charge < -0.3 is 10.5 Å². The van der Waals surface area contributed by atoms with E-state index >= 15 is 0 Å².